The molecule has 1 N–H and O–H groups in total. The van der Waals surface area contributed by atoms with Crippen LogP contribution >= 0.6 is 0 Å². The summed E-state index contributed by atoms with van der Waals surface area (Å²) >= 11 is 0. The zero-order chi connectivity index (χ0) is 18.2. The number of nitrogens with zero attached hydrogens (tertiary/aromatic N) is 4. The minimum Gasteiger partial charge on any atom is -0.388 e. The molecule has 0 bridgehead atoms. The fraction of sp³-hybridized carbons (Fsp3) is 0.412. The van der Waals surface area contributed by atoms with Gasteiger partial charge in [0.2, 0.25) is 0 Å². The number of nitro groups is 1. The smallest absolute Gasteiger partial charge is 0.269 e. The average molecular weight is 344 g/mol. The van der Waals surface area contributed by atoms with E-state index in [1.807, 2.05) is 0 Å². The Bertz CT molecular complexity index is 792. The molecule has 8 nitrogen and oxygen atoms in total. The topological polar surface area (TPSA) is 102 Å². The molecular formula is C17H20N4O4. The lowest BCUT2D eigenvalue weighted by Gasteiger charge is -2.33. The summed E-state index contributed by atoms with van der Waals surface area (Å²) in [6.07, 6.45) is 4.70. The molecule has 1 aliphatic heterocycles. The van der Waals surface area contributed by atoms with Crippen molar-refractivity contribution >= 4 is 11.6 Å². The van der Waals surface area contributed by atoms with Gasteiger partial charge in [0.15, 0.2) is 0 Å². The maximum absolute atomic E-state index is 12.8. The van der Waals surface area contributed by atoms with Crippen molar-refractivity contribution in [3.8, 4) is 5.69 Å². The van der Waals surface area contributed by atoms with Gasteiger partial charge >= 0.3 is 0 Å². The third-order valence-corrected chi connectivity index (χ3v) is 4.48. The zero-order valence-corrected chi connectivity index (χ0v) is 14.1. The van der Waals surface area contributed by atoms with E-state index in [1.54, 1.807) is 37.1 Å². The highest BCUT2D eigenvalue weighted by Gasteiger charge is 2.39. The summed E-state index contributed by atoms with van der Waals surface area (Å²) in [6.45, 7) is 4.03. The molecule has 2 aromatic rings. The van der Waals surface area contributed by atoms with Gasteiger partial charge in [-0.15, -0.1) is 0 Å². The first-order valence-electron chi connectivity index (χ1n) is 8.10. The molecule has 1 atom stereocenters. The van der Waals surface area contributed by atoms with Gasteiger partial charge < -0.3 is 10.0 Å². The van der Waals surface area contributed by atoms with Crippen LogP contribution in [-0.2, 0) is 0 Å². The van der Waals surface area contributed by atoms with Crippen LogP contribution in [0.4, 0.5) is 5.69 Å². The van der Waals surface area contributed by atoms with Crippen LogP contribution in [0.5, 0.6) is 0 Å². The van der Waals surface area contributed by atoms with Gasteiger partial charge in [0.05, 0.1) is 34.0 Å². The Balaban J connectivity index is 1.81. The number of likely N-dealkylation sites (tertiary alicyclic amines) is 1. The fourth-order valence-electron chi connectivity index (χ4n) is 3.21. The normalized spacial score (nSPS) is 17.7. The number of carbonyl (C=O) groups is 1. The summed E-state index contributed by atoms with van der Waals surface area (Å²) in [5, 5.41) is 25.2. The number of hydrogen-bond acceptors (Lipinski definition) is 5. The number of non-ortho nitro benzene ring substituents is 1. The maximum atomic E-state index is 12.8. The molecule has 0 radical (unpaired) electrons. The van der Waals surface area contributed by atoms with Gasteiger partial charge in [-0.3, -0.25) is 14.9 Å². The molecule has 1 aromatic heterocycles. The lowest BCUT2D eigenvalue weighted by molar-refractivity contribution is -0.384. The van der Waals surface area contributed by atoms with Crippen molar-refractivity contribution in [2.45, 2.75) is 38.3 Å². The molecule has 8 heteroatoms. The van der Waals surface area contributed by atoms with Crippen LogP contribution in [0.25, 0.3) is 5.69 Å². The van der Waals surface area contributed by atoms with Gasteiger partial charge in [-0.25, -0.2) is 4.68 Å². The van der Waals surface area contributed by atoms with Crippen LogP contribution in [0.2, 0.25) is 0 Å². The number of rotatable bonds is 4. The van der Waals surface area contributed by atoms with E-state index in [2.05, 4.69) is 5.10 Å². The van der Waals surface area contributed by atoms with Gasteiger partial charge in [-0.2, -0.15) is 5.10 Å². The average Bonchev–Trinajstić information content (AvgIpc) is 3.23. The first kappa shape index (κ1) is 17.1. The summed E-state index contributed by atoms with van der Waals surface area (Å²) in [5.41, 5.74) is 0.0949. The van der Waals surface area contributed by atoms with E-state index in [0.29, 0.717) is 17.8 Å². The van der Waals surface area contributed by atoms with Crippen molar-refractivity contribution in [3.63, 3.8) is 0 Å². The number of aliphatic hydroxyl groups is 1. The molecule has 3 rings (SSSR count). The Morgan fingerprint density at radius 1 is 1.36 bits per heavy atom. The molecule has 0 saturated carbocycles. The van der Waals surface area contributed by atoms with Gasteiger partial charge in [-0.1, -0.05) is 0 Å². The van der Waals surface area contributed by atoms with E-state index in [1.165, 1.54) is 23.0 Å². The quantitative estimate of drug-likeness (QED) is 0.676. The first-order valence-corrected chi connectivity index (χ1v) is 8.10. The third kappa shape index (κ3) is 3.39. The predicted octanol–water partition coefficient (Wildman–Crippen LogP) is 2.16. The van der Waals surface area contributed by atoms with E-state index in [4.69, 9.17) is 0 Å². The molecule has 132 valence electrons. The van der Waals surface area contributed by atoms with E-state index in [0.717, 1.165) is 12.8 Å². The van der Waals surface area contributed by atoms with Crippen molar-refractivity contribution in [3.05, 3.63) is 52.3 Å². The SMILES string of the molecule is CC(C)(O)C1CCCN1C(=O)c1cnn(-c2ccc([N+](=O)[O-])cc2)c1. The largest absolute Gasteiger partial charge is 0.388 e. The fourth-order valence-corrected chi connectivity index (χ4v) is 3.21. The standard InChI is InChI=1S/C17H20N4O4/c1-17(2,23)15-4-3-9-19(15)16(22)12-10-18-20(11-12)13-5-7-14(8-6-13)21(24)25/h5-8,10-11,15,23H,3-4,9H2,1-2H3. The Morgan fingerprint density at radius 2 is 2.04 bits per heavy atom. The molecule has 1 saturated heterocycles. The second-order valence-corrected chi connectivity index (χ2v) is 6.76. The first-order chi connectivity index (χ1) is 11.8. The highest BCUT2D eigenvalue weighted by molar-refractivity contribution is 5.94. The summed E-state index contributed by atoms with van der Waals surface area (Å²) in [6, 6.07) is 5.72. The molecule has 0 spiro atoms. The Kier molecular flexibility index (Phi) is 4.30. The van der Waals surface area contributed by atoms with Crippen molar-refractivity contribution < 1.29 is 14.8 Å². The molecular weight excluding hydrogens is 324 g/mol. The summed E-state index contributed by atoms with van der Waals surface area (Å²) in [5.74, 6) is -0.169. The van der Waals surface area contributed by atoms with Crippen molar-refractivity contribution in [2.75, 3.05) is 6.54 Å². The molecule has 1 aromatic carbocycles. The number of carbonyl (C=O) groups excluding carboxylic acids is 1. The highest BCUT2D eigenvalue weighted by atomic mass is 16.6. The molecule has 0 aliphatic carbocycles. The van der Waals surface area contributed by atoms with Gasteiger partial charge in [0, 0.05) is 24.9 Å². The van der Waals surface area contributed by atoms with Crippen molar-refractivity contribution in [1.82, 2.24) is 14.7 Å². The van der Waals surface area contributed by atoms with E-state index < -0.39 is 10.5 Å². The predicted molar refractivity (Wildman–Crippen MR) is 90.6 cm³/mol. The van der Waals surface area contributed by atoms with Crippen LogP contribution in [0.3, 0.4) is 0 Å². The minimum absolute atomic E-state index is 0.00251. The van der Waals surface area contributed by atoms with Crippen molar-refractivity contribution in [2.24, 2.45) is 0 Å². The maximum Gasteiger partial charge on any atom is 0.269 e. The second kappa shape index (κ2) is 6.29. The van der Waals surface area contributed by atoms with Crippen LogP contribution < -0.4 is 0 Å². The summed E-state index contributed by atoms with van der Waals surface area (Å²) in [4.78, 5) is 24.7. The number of nitro benzene ring substituents is 1. The summed E-state index contributed by atoms with van der Waals surface area (Å²) in [7, 11) is 0. The van der Waals surface area contributed by atoms with E-state index >= 15 is 0 Å². The highest BCUT2D eigenvalue weighted by Crippen LogP contribution is 2.28. The van der Waals surface area contributed by atoms with Crippen LogP contribution in [0.15, 0.2) is 36.7 Å². The van der Waals surface area contributed by atoms with Gasteiger partial charge in [0.1, 0.15) is 0 Å². The number of hydrogen-bond donors (Lipinski definition) is 1. The molecule has 1 amide bonds. The van der Waals surface area contributed by atoms with Gasteiger partial charge in [0.25, 0.3) is 11.6 Å². The monoisotopic (exact) mass is 344 g/mol. The number of amides is 1. The molecule has 25 heavy (non-hydrogen) atoms. The van der Waals surface area contributed by atoms with Crippen LogP contribution in [-0.4, -0.2) is 48.8 Å². The zero-order valence-electron chi connectivity index (χ0n) is 14.1. The van der Waals surface area contributed by atoms with Crippen LogP contribution in [0.1, 0.15) is 37.0 Å². The lowest BCUT2D eigenvalue weighted by atomic mass is 9.96. The Hall–Kier alpha value is -2.74. The summed E-state index contributed by atoms with van der Waals surface area (Å²) < 4.78 is 1.51. The minimum atomic E-state index is -0.958. The lowest BCUT2D eigenvalue weighted by Crippen LogP contribution is -2.48. The number of benzene rings is 1. The van der Waals surface area contributed by atoms with E-state index in [9.17, 15) is 20.0 Å². The van der Waals surface area contributed by atoms with E-state index in [-0.39, 0.29) is 17.6 Å². The molecule has 1 unspecified atom stereocenters. The van der Waals surface area contributed by atoms with Crippen LogP contribution in [0, 0.1) is 10.1 Å². The molecule has 2 heterocycles. The second-order valence-electron chi connectivity index (χ2n) is 6.76. The molecule has 1 fully saturated rings. The Labute approximate surface area is 144 Å². The molecule has 1 aliphatic rings. The van der Waals surface area contributed by atoms with Crippen molar-refractivity contribution in [1.29, 1.82) is 0 Å². The Morgan fingerprint density at radius 3 is 2.64 bits per heavy atom. The van der Waals surface area contributed by atoms with Gasteiger partial charge in [-0.05, 0) is 38.8 Å². The third-order valence-electron chi connectivity index (χ3n) is 4.48. The number of aromatic nitrogens is 2.